The van der Waals surface area contributed by atoms with Crippen molar-refractivity contribution >= 4 is 21.6 Å². The maximum Gasteiger partial charge on any atom is 0.184 e. The van der Waals surface area contributed by atoms with Gasteiger partial charge >= 0.3 is 0 Å². The topological polar surface area (TPSA) is 43.4 Å². The number of benzene rings is 1. The van der Waals surface area contributed by atoms with Crippen LogP contribution in [0.25, 0.3) is 0 Å². The van der Waals surface area contributed by atoms with Crippen molar-refractivity contribution in [1.29, 1.82) is 0 Å². The molecule has 1 aromatic heterocycles. The molecule has 0 spiro atoms. The number of hydrogen-bond acceptors (Lipinski definition) is 4. The highest BCUT2D eigenvalue weighted by atomic mass is 79.9. The molecule has 0 saturated heterocycles. The fourth-order valence-electron chi connectivity index (χ4n) is 1.99. The summed E-state index contributed by atoms with van der Waals surface area (Å²) in [6.45, 7) is 2.29. The number of anilines is 1. The summed E-state index contributed by atoms with van der Waals surface area (Å²) in [5, 5.41) is 3.23. The van der Waals surface area contributed by atoms with Crippen LogP contribution in [0.15, 0.2) is 28.9 Å². The number of aromatic nitrogens is 1. The van der Waals surface area contributed by atoms with Crippen molar-refractivity contribution in [2.75, 3.05) is 19.5 Å². The summed E-state index contributed by atoms with van der Waals surface area (Å²) in [5.74, 6) is 0.933. The van der Waals surface area contributed by atoms with Gasteiger partial charge in [-0.2, -0.15) is 0 Å². The van der Waals surface area contributed by atoms with Gasteiger partial charge in [-0.15, -0.1) is 0 Å². The van der Waals surface area contributed by atoms with Gasteiger partial charge in [0.05, 0.1) is 25.2 Å². The number of pyridine rings is 1. The lowest BCUT2D eigenvalue weighted by Gasteiger charge is -2.14. The summed E-state index contributed by atoms with van der Waals surface area (Å²) in [7, 11) is 3.15. The molecule has 2 rings (SSSR count). The number of aryl methyl sites for hydroxylation is 1. The molecule has 0 fully saturated rings. The van der Waals surface area contributed by atoms with E-state index in [1.165, 1.54) is 6.07 Å². The Hall–Kier alpha value is -1.82. The third kappa shape index (κ3) is 3.44. The Morgan fingerprint density at radius 3 is 2.71 bits per heavy atom. The number of rotatable bonds is 5. The highest BCUT2D eigenvalue weighted by molar-refractivity contribution is 9.10. The molecule has 6 heteroatoms. The van der Waals surface area contributed by atoms with Crippen LogP contribution in [0.1, 0.15) is 11.3 Å². The van der Waals surface area contributed by atoms with Crippen LogP contribution in [0, 0.1) is 12.7 Å². The molecule has 112 valence electrons. The summed E-state index contributed by atoms with van der Waals surface area (Å²) in [4.78, 5) is 4.29. The van der Waals surface area contributed by atoms with Crippen molar-refractivity contribution < 1.29 is 13.9 Å². The zero-order valence-electron chi connectivity index (χ0n) is 12.0. The van der Waals surface area contributed by atoms with Gasteiger partial charge in [-0.25, -0.2) is 4.39 Å². The number of ether oxygens (including phenoxy) is 2. The fraction of sp³-hybridized carbons (Fsp3) is 0.267. The van der Waals surface area contributed by atoms with Gasteiger partial charge in [0.1, 0.15) is 11.5 Å². The maximum absolute atomic E-state index is 13.4. The maximum atomic E-state index is 13.4. The van der Waals surface area contributed by atoms with Crippen LogP contribution in [-0.2, 0) is 6.54 Å². The van der Waals surface area contributed by atoms with E-state index in [4.69, 9.17) is 9.47 Å². The molecule has 0 aliphatic carbocycles. The molecule has 4 nitrogen and oxygen atoms in total. The van der Waals surface area contributed by atoms with Crippen LogP contribution < -0.4 is 14.8 Å². The summed E-state index contributed by atoms with van der Waals surface area (Å²) in [6.07, 6.45) is 1.66. The third-order valence-corrected chi connectivity index (χ3v) is 3.69. The van der Waals surface area contributed by atoms with E-state index in [0.717, 1.165) is 16.9 Å². The number of hydrogen-bond donors (Lipinski definition) is 1. The van der Waals surface area contributed by atoms with Gasteiger partial charge in [0.2, 0.25) is 0 Å². The van der Waals surface area contributed by atoms with Crippen LogP contribution in [-0.4, -0.2) is 19.2 Å². The molecule has 21 heavy (non-hydrogen) atoms. The van der Waals surface area contributed by atoms with Crippen molar-refractivity contribution in [2.45, 2.75) is 13.5 Å². The third-order valence-electron chi connectivity index (χ3n) is 3.08. The molecule has 0 aliphatic heterocycles. The van der Waals surface area contributed by atoms with E-state index < -0.39 is 0 Å². The van der Waals surface area contributed by atoms with Crippen molar-refractivity contribution in [2.24, 2.45) is 0 Å². The molecule has 0 amide bonds. The second-order valence-corrected chi connectivity index (χ2v) is 5.28. The minimum Gasteiger partial charge on any atom is -0.493 e. The Kier molecular flexibility index (Phi) is 5.01. The minimum atomic E-state index is -0.282. The second-order valence-electron chi connectivity index (χ2n) is 4.43. The van der Waals surface area contributed by atoms with Crippen molar-refractivity contribution in [3.8, 4) is 11.5 Å². The summed E-state index contributed by atoms with van der Waals surface area (Å²) in [5.41, 5.74) is 2.37. The lowest BCUT2D eigenvalue weighted by atomic mass is 10.2. The zero-order valence-corrected chi connectivity index (χ0v) is 13.6. The summed E-state index contributed by atoms with van der Waals surface area (Å²) >= 11 is 3.18. The number of methoxy groups -OCH3 is 2. The molecule has 1 heterocycles. The molecule has 0 radical (unpaired) electrons. The minimum absolute atomic E-state index is 0.282. The molecular weight excluding hydrogens is 339 g/mol. The molecule has 0 bridgehead atoms. The standard InChI is InChI=1S/C15H16BrFN2O2/c1-9-6-11(17)10(16)7-12(9)19-8-13-15(21-3)14(20-2)4-5-18-13/h4-7,19H,8H2,1-3H3. The first-order valence-corrected chi connectivity index (χ1v) is 7.11. The van der Waals surface area contributed by atoms with Gasteiger partial charge in [0.25, 0.3) is 0 Å². The first-order valence-electron chi connectivity index (χ1n) is 6.32. The number of halogens is 2. The van der Waals surface area contributed by atoms with Crippen LogP contribution in [0.2, 0.25) is 0 Å². The average molecular weight is 355 g/mol. The van der Waals surface area contributed by atoms with Crippen LogP contribution >= 0.6 is 15.9 Å². The number of nitrogens with zero attached hydrogens (tertiary/aromatic N) is 1. The van der Waals surface area contributed by atoms with E-state index >= 15 is 0 Å². The van der Waals surface area contributed by atoms with Crippen molar-refractivity contribution in [3.63, 3.8) is 0 Å². The van der Waals surface area contributed by atoms with Crippen LogP contribution in [0.4, 0.5) is 10.1 Å². The normalized spacial score (nSPS) is 10.3. The molecule has 0 unspecified atom stereocenters. The zero-order chi connectivity index (χ0) is 15.4. The van der Waals surface area contributed by atoms with Gasteiger partial charge < -0.3 is 14.8 Å². The summed E-state index contributed by atoms with van der Waals surface area (Å²) in [6, 6.07) is 4.92. The largest absolute Gasteiger partial charge is 0.493 e. The van der Waals surface area contributed by atoms with Gasteiger partial charge in [-0.3, -0.25) is 4.98 Å². The monoisotopic (exact) mass is 354 g/mol. The Morgan fingerprint density at radius 1 is 1.29 bits per heavy atom. The van der Waals surface area contributed by atoms with E-state index in [2.05, 4.69) is 26.2 Å². The molecule has 0 atom stereocenters. The van der Waals surface area contributed by atoms with Crippen LogP contribution in [0.5, 0.6) is 11.5 Å². The Morgan fingerprint density at radius 2 is 2.05 bits per heavy atom. The number of nitrogens with one attached hydrogen (secondary N) is 1. The lowest BCUT2D eigenvalue weighted by Crippen LogP contribution is -2.06. The van der Waals surface area contributed by atoms with Gasteiger partial charge in [0, 0.05) is 18.0 Å². The first kappa shape index (κ1) is 15.6. The fourth-order valence-corrected chi connectivity index (χ4v) is 2.34. The van der Waals surface area contributed by atoms with E-state index in [1.807, 2.05) is 6.92 Å². The smallest absolute Gasteiger partial charge is 0.184 e. The SMILES string of the molecule is COc1ccnc(CNc2cc(Br)c(F)cc2C)c1OC. The van der Waals surface area contributed by atoms with Crippen LogP contribution in [0.3, 0.4) is 0 Å². The summed E-state index contributed by atoms with van der Waals surface area (Å²) < 4.78 is 24.4. The molecule has 0 aliphatic rings. The van der Waals surface area contributed by atoms with Crippen molar-refractivity contribution in [3.05, 3.63) is 45.9 Å². The Labute approximate surface area is 131 Å². The highest BCUT2D eigenvalue weighted by Gasteiger charge is 2.12. The molecular formula is C15H16BrFN2O2. The van der Waals surface area contributed by atoms with Crippen molar-refractivity contribution in [1.82, 2.24) is 4.98 Å². The van der Waals surface area contributed by atoms with E-state index in [-0.39, 0.29) is 5.82 Å². The van der Waals surface area contributed by atoms with Gasteiger partial charge in [-0.1, -0.05) is 0 Å². The Balaban J connectivity index is 2.22. The highest BCUT2D eigenvalue weighted by Crippen LogP contribution is 2.30. The first-order chi connectivity index (χ1) is 10.1. The second kappa shape index (κ2) is 6.76. The Bertz CT molecular complexity index is 650. The predicted molar refractivity (Wildman–Crippen MR) is 83.5 cm³/mol. The molecule has 2 aromatic rings. The van der Waals surface area contributed by atoms with Gasteiger partial charge in [-0.05, 0) is 40.5 Å². The van der Waals surface area contributed by atoms with E-state index in [1.54, 1.807) is 32.5 Å². The molecule has 0 saturated carbocycles. The molecule has 1 N–H and O–H groups in total. The van der Waals surface area contributed by atoms with E-state index in [9.17, 15) is 4.39 Å². The average Bonchev–Trinajstić information content (AvgIpc) is 2.49. The van der Waals surface area contributed by atoms with E-state index in [0.29, 0.717) is 22.5 Å². The quantitative estimate of drug-likeness (QED) is 0.883. The lowest BCUT2D eigenvalue weighted by molar-refractivity contribution is 0.350. The van der Waals surface area contributed by atoms with Gasteiger partial charge in [0.15, 0.2) is 11.5 Å². The predicted octanol–water partition coefficient (Wildman–Crippen LogP) is 3.92. The molecule has 1 aromatic carbocycles.